The SMILES string of the molecule is NC(=O)C1CC(=O)N(c2nnc(C3CC3)s2)C1. The lowest BCUT2D eigenvalue weighted by Crippen LogP contribution is -2.28. The van der Waals surface area contributed by atoms with Gasteiger partial charge in [-0.2, -0.15) is 0 Å². The van der Waals surface area contributed by atoms with Crippen LogP contribution in [0.15, 0.2) is 0 Å². The number of hydrogen-bond donors (Lipinski definition) is 1. The molecule has 0 aromatic carbocycles. The Bertz CT molecular complexity index is 482. The van der Waals surface area contributed by atoms with Crippen LogP contribution in [0, 0.1) is 5.92 Å². The fourth-order valence-corrected chi connectivity index (χ4v) is 2.95. The standard InChI is InChI=1S/C10H12N4O2S/c11-8(16)6-3-7(15)14(4-6)10-13-12-9(17-10)5-1-2-5/h5-6H,1-4H2,(H2,11,16). The van der Waals surface area contributed by atoms with Crippen molar-refractivity contribution in [3.8, 4) is 0 Å². The Morgan fingerprint density at radius 3 is 2.76 bits per heavy atom. The summed E-state index contributed by atoms with van der Waals surface area (Å²) in [5.74, 6) is -0.373. The quantitative estimate of drug-likeness (QED) is 0.835. The van der Waals surface area contributed by atoms with Gasteiger partial charge in [-0.3, -0.25) is 14.5 Å². The summed E-state index contributed by atoms with van der Waals surface area (Å²) in [7, 11) is 0. The lowest BCUT2D eigenvalue weighted by atomic mass is 10.1. The highest BCUT2D eigenvalue weighted by Gasteiger charge is 2.36. The highest BCUT2D eigenvalue weighted by Crippen LogP contribution is 2.43. The van der Waals surface area contributed by atoms with Crippen LogP contribution in [-0.4, -0.2) is 28.6 Å². The maximum Gasteiger partial charge on any atom is 0.229 e. The molecular weight excluding hydrogens is 240 g/mol. The molecule has 0 spiro atoms. The lowest BCUT2D eigenvalue weighted by Gasteiger charge is -2.10. The topological polar surface area (TPSA) is 89.2 Å². The van der Waals surface area contributed by atoms with Crippen molar-refractivity contribution < 1.29 is 9.59 Å². The van der Waals surface area contributed by atoms with Gasteiger partial charge in [-0.05, 0) is 12.8 Å². The van der Waals surface area contributed by atoms with Crippen LogP contribution in [0.4, 0.5) is 5.13 Å². The van der Waals surface area contributed by atoms with Crippen molar-refractivity contribution in [1.29, 1.82) is 0 Å². The fourth-order valence-electron chi connectivity index (χ4n) is 1.91. The van der Waals surface area contributed by atoms with Crippen molar-refractivity contribution in [2.24, 2.45) is 11.7 Å². The summed E-state index contributed by atoms with van der Waals surface area (Å²) in [5.41, 5.74) is 5.21. The highest BCUT2D eigenvalue weighted by molar-refractivity contribution is 7.15. The first kappa shape index (κ1) is 10.6. The summed E-state index contributed by atoms with van der Waals surface area (Å²) >= 11 is 1.45. The van der Waals surface area contributed by atoms with Crippen molar-refractivity contribution in [3.05, 3.63) is 5.01 Å². The Morgan fingerprint density at radius 1 is 1.41 bits per heavy atom. The van der Waals surface area contributed by atoms with Gasteiger partial charge in [0, 0.05) is 18.9 Å². The minimum atomic E-state index is -0.423. The Hall–Kier alpha value is -1.50. The van der Waals surface area contributed by atoms with E-state index in [1.54, 1.807) is 0 Å². The van der Waals surface area contributed by atoms with E-state index in [4.69, 9.17) is 5.73 Å². The summed E-state index contributed by atoms with van der Waals surface area (Å²) in [6.45, 7) is 0.341. The molecule has 1 saturated heterocycles. The van der Waals surface area contributed by atoms with Crippen molar-refractivity contribution in [3.63, 3.8) is 0 Å². The second kappa shape index (κ2) is 3.76. The molecule has 17 heavy (non-hydrogen) atoms. The Kier molecular flexibility index (Phi) is 2.36. The molecule has 2 fully saturated rings. The number of amides is 2. The molecule has 2 N–H and O–H groups in total. The Labute approximate surface area is 102 Å². The van der Waals surface area contributed by atoms with Gasteiger partial charge < -0.3 is 5.73 Å². The van der Waals surface area contributed by atoms with Gasteiger partial charge in [-0.25, -0.2) is 0 Å². The number of nitrogens with zero attached hydrogens (tertiary/aromatic N) is 3. The molecule has 1 aliphatic heterocycles. The van der Waals surface area contributed by atoms with Crippen LogP contribution in [0.3, 0.4) is 0 Å². The zero-order valence-electron chi connectivity index (χ0n) is 9.13. The van der Waals surface area contributed by atoms with Crippen LogP contribution in [0.5, 0.6) is 0 Å². The van der Waals surface area contributed by atoms with Gasteiger partial charge in [0.1, 0.15) is 5.01 Å². The van der Waals surface area contributed by atoms with Gasteiger partial charge in [0.25, 0.3) is 0 Å². The molecular formula is C10H12N4O2S. The molecule has 1 atom stereocenters. The number of hydrogen-bond acceptors (Lipinski definition) is 5. The third kappa shape index (κ3) is 1.90. The number of nitrogens with two attached hydrogens (primary N) is 1. The van der Waals surface area contributed by atoms with E-state index in [1.807, 2.05) is 0 Å². The van der Waals surface area contributed by atoms with E-state index in [1.165, 1.54) is 16.2 Å². The number of aromatic nitrogens is 2. The van der Waals surface area contributed by atoms with E-state index in [2.05, 4.69) is 10.2 Å². The average Bonchev–Trinajstić information content (AvgIpc) is 2.88. The molecule has 1 aromatic heterocycles. The second-order valence-corrected chi connectivity index (χ2v) is 5.49. The predicted molar refractivity (Wildman–Crippen MR) is 61.5 cm³/mol. The average molecular weight is 252 g/mol. The van der Waals surface area contributed by atoms with Crippen LogP contribution in [0.25, 0.3) is 0 Å². The van der Waals surface area contributed by atoms with Gasteiger partial charge in [0.15, 0.2) is 0 Å². The van der Waals surface area contributed by atoms with Crippen LogP contribution in [0.1, 0.15) is 30.2 Å². The lowest BCUT2D eigenvalue weighted by molar-refractivity contribution is -0.123. The first-order valence-electron chi connectivity index (χ1n) is 5.58. The van der Waals surface area contributed by atoms with Crippen molar-refractivity contribution in [2.45, 2.75) is 25.2 Å². The van der Waals surface area contributed by atoms with E-state index in [9.17, 15) is 9.59 Å². The molecule has 2 aliphatic rings. The molecule has 3 rings (SSSR count). The van der Waals surface area contributed by atoms with Crippen LogP contribution in [0.2, 0.25) is 0 Å². The number of rotatable bonds is 3. The maximum absolute atomic E-state index is 11.7. The van der Waals surface area contributed by atoms with Crippen molar-refractivity contribution in [1.82, 2.24) is 10.2 Å². The van der Waals surface area contributed by atoms with Crippen LogP contribution >= 0.6 is 11.3 Å². The number of primary amides is 1. The predicted octanol–water partition coefficient (Wildman–Crippen LogP) is 0.254. The first-order valence-corrected chi connectivity index (χ1v) is 6.40. The van der Waals surface area contributed by atoms with Crippen molar-refractivity contribution in [2.75, 3.05) is 11.4 Å². The largest absolute Gasteiger partial charge is 0.369 e. The molecule has 6 nitrogen and oxygen atoms in total. The van der Waals surface area contributed by atoms with E-state index in [0.29, 0.717) is 17.6 Å². The number of carbonyl (C=O) groups is 2. The third-order valence-electron chi connectivity index (χ3n) is 3.11. The molecule has 0 radical (unpaired) electrons. The molecule has 1 unspecified atom stereocenters. The summed E-state index contributed by atoms with van der Waals surface area (Å²) in [4.78, 5) is 24.3. The molecule has 90 valence electrons. The van der Waals surface area contributed by atoms with Gasteiger partial charge >= 0.3 is 0 Å². The summed E-state index contributed by atoms with van der Waals surface area (Å²) in [6.07, 6.45) is 2.51. The summed E-state index contributed by atoms with van der Waals surface area (Å²) < 4.78 is 0. The van der Waals surface area contributed by atoms with Crippen LogP contribution in [-0.2, 0) is 9.59 Å². The molecule has 2 heterocycles. The highest BCUT2D eigenvalue weighted by atomic mass is 32.1. The third-order valence-corrected chi connectivity index (χ3v) is 4.22. The van der Waals surface area contributed by atoms with E-state index in [-0.39, 0.29) is 12.3 Å². The molecule has 1 saturated carbocycles. The van der Waals surface area contributed by atoms with Gasteiger partial charge in [-0.1, -0.05) is 11.3 Å². The Balaban J connectivity index is 1.78. The molecule has 2 amide bonds. The number of carbonyl (C=O) groups excluding carboxylic acids is 2. The normalized spacial score (nSPS) is 24.4. The zero-order chi connectivity index (χ0) is 12.0. The second-order valence-electron chi connectivity index (χ2n) is 4.50. The minimum Gasteiger partial charge on any atom is -0.369 e. The minimum absolute atomic E-state index is 0.0905. The van der Waals surface area contributed by atoms with Gasteiger partial charge in [0.05, 0.1) is 5.92 Å². The molecule has 7 heteroatoms. The fraction of sp³-hybridized carbons (Fsp3) is 0.600. The summed E-state index contributed by atoms with van der Waals surface area (Å²) in [6, 6.07) is 0. The first-order chi connectivity index (χ1) is 8.15. The molecule has 1 aromatic rings. The maximum atomic E-state index is 11.7. The van der Waals surface area contributed by atoms with Gasteiger partial charge in [0.2, 0.25) is 16.9 Å². The summed E-state index contributed by atoms with van der Waals surface area (Å²) in [5, 5.41) is 9.70. The zero-order valence-corrected chi connectivity index (χ0v) is 9.94. The van der Waals surface area contributed by atoms with Gasteiger partial charge in [-0.15, -0.1) is 10.2 Å². The molecule has 1 aliphatic carbocycles. The van der Waals surface area contributed by atoms with E-state index in [0.717, 1.165) is 17.8 Å². The van der Waals surface area contributed by atoms with Crippen LogP contribution < -0.4 is 10.6 Å². The molecule has 0 bridgehead atoms. The van der Waals surface area contributed by atoms with E-state index < -0.39 is 11.8 Å². The van der Waals surface area contributed by atoms with Crippen molar-refractivity contribution >= 4 is 28.3 Å². The number of anilines is 1. The Morgan fingerprint density at radius 2 is 2.18 bits per heavy atom. The monoisotopic (exact) mass is 252 g/mol. The van der Waals surface area contributed by atoms with E-state index >= 15 is 0 Å². The smallest absolute Gasteiger partial charge is 0.229 e.